The van der Waals surface area contributed by atoms with E-state index < -0.39 is 0 Å². The summed E-state index contributed by atoms with van der Waals surface area (Å²) in [6, 6.07) is 12.0. The number of nitrogens with one attached hydrogen (secondary N) is 1. The van der Waals surface area contributed by atoms with Crippen LogP contribution in [-0.2, 0) is 11.8 Å². The van der Waals surface area contributed by atoms with Gasteiger partial charge in [-0.05, 0) is 66.0 Å². The first-order chi connectivity index (χ1) is 14.4. The molecule has 2 N–H and O–H groups in total. The predicted molar refractivity (Wildman–Crippen MR) is 118 cm³/mol. The van der Waals surface area contributed by atoms with Gasteiger partial charge in [0.15, 0.2) is 0 Å². The van der Waals surface area contributed by atoms with Gasteiger partial charge in [0, 0.05) is 16.7 Å². The normalized spacial score (nSPS) is 23.0. The summed E-state index contributed by atoms with van der Waals surface area (Å²) in [6.07, 6.45) is 5.38. The van der Waals surface area contributed by atoms with Crippen molar-refractivity contribution >= 4 is 5.84 Å². The highest BCUT2D eigenvalue weighted by atomic mass is 16.3. The van der Waals surface area contributed by atoms with Gasteiger partial charge in [-0.1, -0.05) is 38.1 Å². The van der Waals surface area contributed by atoms with E-state index in [-0.39, 0.29) is 23.2 Å². The van der Waals surface area contributed by atoms with Crippen molar-refractivity contribution in [1.82, 2.24) is 5.32 Å². The molecule has 2 heterocycles. The van der Waals surface area contributed by atoms with E-state index in [4.69, 9.17) is 9.41 Å². The number of hydrogen-bond donors (Lipinski definition) is 2. The van der Waals surface area contributed by atoms with Crippen molar-refractivity contribution < 1.29 is 9.52 Å². The average molecular weight is 399 g/mol. The SMILES string of the molecule is Cc1coc2c1C1NC(c3cccc(O)c3)=NC1c1c-2ccc2c1CCCC2(C)C. The van der Waals surface area contributed by atoms with Gasteiger partial charge in [0.05, 0.1) is 12.3 Å². The Bertz CT molecular complexity index is 1220. The molecule has 6 rings (SSSR count). The molecule has 3 aromatic rings. The Balaban J connectivity index is 1.60. The van der Waals surface area contributed by atoms with Crippen LogP contribution in [0.15, 0.2) is 52.1 Å². The van der Waals surface area contributed by atoms with Crippen LogP contribution in [0.5, 0.6) is 5.75 Å². The molecule has 0 spiro atoms. The molecule has 1 aromatic heterocycles. The molecule has 0 saturated heterocycles. The van der Waals surface area contributed by atoms with Crippen LogP contribution in [0.1, 0.15) is 72.2 Å². The van der Waals surface area contributed by atoms with Gasteiger partial charge in [0.2, 0.25) is 0 Å². The topological polar surface area (TPSA) is 57.8 Å². The van der Waals surface area contributed by atoms with Crippen molar-refractivity contribution in [3.63, 3.8) is 0 Å². The lowest BCUT2D eigenvalue weighted by Crippen LogP contribution is -2.30. The minimum Gasteiger partial charge on any atom is -0.508 e. The van der Waals surface area contributed by atoms with Gasteiger partial charge in [-0.25, -0.2) is 0 Å². The number of benzene rings is 2. The first kappa shape index (κ1) is 17.8. The number of phenols is 1. The lowest BCUT2D eigenvalue weighted by molar-refractivity contribution is 0.426. The molecule has 0 bridgehead atoms. The van der Waals surface area contributed by atoms with Gasteiger partial charge < -0.3 is 14.8 Å². The molecule has 2 aliphatic carbocycles. The maximum Gasteiger partial charge on any atom is 0.139 e. The second-order valence-corrected chi connectivity index (χ2v) is 9.55. The highest BCUT2D eigenvalue weighted by Crippen LogP contribution is 2.54. The third kappa shape index (κ3) is 2.36. The fourth-order valence-corrected chi connectivity index (χ4v) is 5.74. The van der Waals surface area contributed by atoms with Crippen molar-refractivity contribution in [3.8, 4) is 17.1 Å². The maximum absolute atomic E-state index is 9.98. The van der Waals surface area contributed by atoms with Crippen molar-refractivity contribution in [3.05, 3.63) is 76.0 Å². The van der Waals surface area contributed by atoms with Crippen LogP contribution in [0.4, 0.5) is 0 Å². The number of nitrogens with zero attached hydrogens (tertiary/aromatic N) is 1. The second kappa shape index (κ2) is 6.00. The van der Waals surface area contributed by atoms with Crippen LogP contribution in [0.25, 0.3) is 11.3 Å². The summed E-state index contributed by atoms with van der Waals surface area (Å²) >= 11 is 0. The Morgan fingerprint density at radius 1 is 1.17 bits per heavy atom. The highest BCUT2D eigenvalue weighted by Gasteiger charge is 2.44. The van der Waals surface area contributed by atoms with Gasteiger partial charge in [0.25, 0.3) is 0 Å². The molecule has 4 nitrogen and oxygen atoms in total. The largest absolute Gasteiger partial charge is 0.508 e. The summed E-state index contributed by atoms with van der Waals surface area (Å²) in [7, 11) is 0. The highest BCUT2D eigenvalue weighted by molar-refractivity contribution is 6.01. The van der Waals surface area contributed by atoms with E-state index >= 15 is 0 Å². The van der Waals surface area contributed by atoms with E-state index in [2.05, 4.69) is 38.2 Å². The van der Waals surface area contributed by atoms with Gasteiger partial charge in [-0.2, -0.15) is 0 Å². The van der Waals surface area contributed by atoms with Crippen LogP contribution < -0.4 is 5.32 Å². The lowest BCUT2D eigenvalue weighted by atomic mass is 9.68. The number of fused-ring (bicyclic) bond motifs is 8. The van der Waals surface area contributed by atoms with E-state index in [9.17, 15) is 5.11 Å². The molecule has 2 unspecified atom stereocenters. The zero-order valence-corrected chi connectivity index (χ0v) is 17.6. The molecule has 2 aromatic carbocycles. The second-order valence-electron chi connectivity index (χ2n) is 9.55. The van der Waals surface area contributed by atoms with Gasteiger partial charge in [-0.3, -0.25) is 4.99 Å². The van der Waals surface area contributed by atoms with E-state index in [0.29, 0.717) is 0 Å². The molecule has 0 radical (unpaired) electrons. The van der Waals surface area contributed by atoms with Gasteiger partial charge in [-0.15, -0.1) is 0 Å². The molecule has 0 amide bonds. The first-order valence-electron chi connectivity index (χ1n) is 10.8. The zero-order chi connectivity index (χ0) is 20.6. The molecular formula is C26H26N2O2. The summed E-state index contributed by atoms with van der Waals surface area (Å²) in [4.78, 5) is 5.19. The Morgan fingerprint density at radius 3 is 2.87 bits per heavy atom. The summed E-state index contributed by atoms with van der Waals surface area (Å²) in [5.74, 6) is 2.08. The molecule has 2 atom stereocenters. The minimum atomic E-state index is 0.0185. The van der Waals surface area contributed by atoms with E-state index in [0.717, 1.165) is 29.1 Å². The summed E-state index contributed by atoms with van der Waals surface area (Å²) in [5, 5.41) is 13.6. The lowest BCUT2D eigenvalue weighted by Gasteiger charge is -2.37. The summed E-state index contributed by atoms with van der Waals surface area (Å²) in [6.45, 7) is 6.82. The van der Waals surface area contributed by atoms with Crippen molar-refractivity contribution in [2.45, 2.75) is 57.5 Å². The molecule has 0 fully saturated rings. The molecule has 4 heteroatoms. The number of aliphatic imine (C=N–C) groups is 1. The maximum atomic E-state index is 9.98. The fourth-order valence-electron chi connectivity index (χ4n) is 5.74. The fraction of sp³-hybridized carbons (Fsp3) is 0.346. The Kier molecular flexibility index (Phi) is 3.57. The van der Waals surface area contributed by atoms with E-state index in [1.165, 1.54) is 40.7 Å². The standard InChI is InChI=1S/C26H26N2O2/c1-14-13-30-24-18-9-10-19-17(8-5-11-26(19,2)3)21(18)23-22(20(14)24)27-25(28-23)15-6-4-7-16(29)12-15/h4,6-7,9-10,12-13,22-23,29H,5,8,11H2,1-3H3,(H,27,28). The molecule has 3 aliphatic rings. The Labute approximate surface area is 176 Å². The van der Waals surface area contributed by atoms with Crippen LogP contribution in [-0.4, -0.2) is 10.9 Å². The number of aromatic hydroxyl groups is 1. The van der Waals surface area contributed by atoms with Gasteiger partial charge >= 0.3 is 0 Å². The van der Waals surface area contributed by atoms with Crippen molar-refractivity contribution in [2.75, 3.05) is 0 Å². The van der Waals surface area contributed by atoms with Crippen molar-refractivity contribution in [2.24, 2.45) is 4.99 Å². The predicted octanol–water partition coefficient (Wildman–Crippen LogP) is 5.72. The van der Waals surface area contributed by atoms with E-state index in [1.54, 1.807) is 12.1 Å². The third-order valence-electron chi connectivity index (χ3n) is 7.18. The zero-order valence-electron chi connectivity index (χ0n) is 17.6. The van der Waals surface area contributed by atoms with Crippen LogP contribution >= 0.6 is 0 Å². The quantitative estimate of drug-likeness (QED) is 0.551. The number of rotatable bonds is 1. The van der Waals surface area contributed by atoms with Crippen molar-refractivity contribution in [1.29, 1.82) is 0 Å². The number of hydrogen-bond acceptors (Lipinski definition) is 4. The summed E-state index contributed by atoms with van der Waals surface area (Å²) in [5.41, 5.74) is 8.90. The van der Waals surface area contributed by atoms with E-state index in [1.807, 2.05) is 18.4 Å². The number of amidine groups is 1. The smallest absolute Gasteiger partial charge is 0.139 e. The Morgan fingerprint density at radius 2 is 2.03 bits per heavy atom. The molecule has 0 saturated carbocycles. The first-order valence-corrected chi connectivity index (χ1v) is 10.8. The molecule has 1 aliphatic heterocycles. The van der Waals surface area contributed by atoms with Crippen LogP contribution in [0.3, 0.4) is 0 Å². The molecular weight excluding hydrogens is 372 g/mol. The average Bonchev–Trinajstić information content (AvgIpc) is 3.31. The number of aryl methyl sites for hydroxylation is 1. The minimum absolute atomic E-state index is 0.0185. The molecule has 30 heavy (non-hydrogen) atoms. The summed E-state index contributed by atoms with van der Waals surface area (Å²) < 4.78 is 6.09. The number of phenolic OH excluding ortho intramolecular Hbond substituents is 1. The van der Waals surface area contributed by atoms with Crippen LogP contribution in [0.2, 0.25) is 0 Å². The Hall–Kier alpha value is -3.01. The van der Waals surface area contributed by atoms with Crippen LogP contribution in [0, 0.1) is 6.92 Å². The third-order valence-corrected chi connectivity index (χ3v) is 7.18. The monoisotopic (exact) mass is 398 g/mol. The molecule has 152 valence electrons. The van der Waals surface area contributed by atoms with Gasteiger partial charge in [0.1, 0.15) is 23.4 Å². The number of furan rings is 1.